The summed E-state index contributed by atoms with van der Waals surface area (Å²) in [5, 5.41) is 9.32. The van der Waals surface area contributed by atoms with Gasteiger partial charge in [0.1, 0.15) is 18.4 Å². The van der Waals surface area contributed by atoms with E-state index in [1.54, 1.807) is 29.3 Å². The van der Waals surface area contributed by atoms with E-state index >= 15 is 0 Å². The molecule has 0 bridgehead atoms. The minimum atomic E-state index is -0.178. The van der Waals surface area contributed by atoms with Crippen LogP contribution < -0.4 is 4.90 Å². The van der Waals surface area contributed by atoms with Gasteiger partial charge < -0.3 is 9.80 Å². The Labute approximate surface area is 169 Å². The van der Waals surface area contributed by atoms with Crippen LogP contribution >= 0.6 is 0 Å². The number of pyridine rings is 1. The summed E-state index contributed by atoms with van der Waals surface area (Å²) in [6.45, 7) is 6.41. The number of fused-ring (bicyclic) bond motifs is 1. The van der Waals surface area contributed by atoms with Crippen molar-refractivity contribution in [2.24, 2.45) is 0 Å². The number of nitriles is 1. The molecule has 2 aliphatic heterocycles. The van der Waals surface area contributed by atoms with Crippen LogP contribution in [0.3, 0.4) is 0 Å². The van der Waals surface area contributed by atoms with Crippen molar-refractivity contribution in [1.29, 1.82) is 5.26 Å². The van der Waals surface area contributed by atoms with Gasteiger partial charge >= 0.3 is 0 Å². The first-order valence-corrected chi connectivity index (χ1v) is 9.58. The number of amides is 2. The van der Waals surface area contributed by atoms with Crippen LogP contribution in [-0.2, 0) is 4.79 Å². The van der Waals surface area contributed by atoms with Crippen molar-refractivity contribution in [2.75, 3.05) is 37.6 Å². The van der Waals surface area contributed by atoms with E-state index in [2.05, 4.69) is 17.6 Å². The molecule has 0 saturated carbocycles. The van der Waals surface area contributed by atoms with Crippen LogP contribution in [0.25, 0.3) is 5.70 Å². The second-order valence-corrected chi connectivity index (χ2v) is 7.09. The van der Waals surface area contributed by atoms with Gasteiger partial charge in [0, 0.05) is 49.2 Å². The van der Waals surface area contributed by atoms with Crippen molar-refractivity contribution in [3.05, 3.63) is 65.9 Å². The number of carbonyl (C=O) groups is 2. The molecule has 3 heterocycles. The summed E-state index contributed by atoms with van der Waals surface area (Å²) in [5.74, 6) is 0.376. The van der Waals surface area contributed by atoms with Gasteiger partial charge in [-0.25, -0.2) is 4.98 Å². The third-order valence-corrected chi connectivity index (χ3v) is 5.39. The van der Waals surface area contributed by atoms with Gasteiger partial charge in [-0.2, -0.15) is 5.26 Å². The van der Waals surface area contributed by atoms with Crippen molar-refractivity contribution >= 4 is 23.3 Å². The molecule has 146 valence electrons. The second-order valence-electron chi connectivity index (χ2n) is 7.09. The molecule has 0 spiro atoms. The van der Waals surface area contributed by atoms with Crippen molar-refractivity contribution < 1.29 is 9.59 Å². The Bertz CT molecular complexity index is 991. The predicted octanol–water partition coefficient (Wildman–Crippen LogP) is 2.12. The SMILES string of the molecule is C=C1c2ccccc2C(=O)N1CC(=O)N1CCCN(c2ncccc2C#N)CC1. The molecule has 7 heteroatoms. The van der Waals surface area contributed by atoms with Gasteiger partial charge in [-0.05, 0) is 24.6 Å². The Kier molecular flexibility index (Phi) is 5.00. The minimum Gasteiger partial charge on any atom is -0.354 e. The Balaban J connectivity index is 1.43. The Morgan fingerprint density at radius 2 is 1.90 bits per heavy atom. The average Bonchev–Trinajstić information content (AvgIpc) is 2.93. The highest BCUT2D eigenvalue weighted by molar-refractivity contribution is 6.10. The molecule has 0 N–H and O–H groups in total. The number of benzene rings is 1. The van der Waals surface area contributed by atoms with E-state index in [-0.39, 0.29) is 18.4 Å². The summed E-state index contributed by atoms with van der Waals surface area (Å²) in [4.78, 5) is 35.2. The summed E-state index contributed by atoms with van der Waals surface area (Å²) < 4.78 is 0. The van der Waals surface area contributed by atoms with Crippen LogP contribution in [0.1, 0.15) is 27.9 Å². The monoisotopic (exact) mass is 387 g/mol. The van der Waals surface area contributed by atoms with Gasteiger partial charge in [0.2, 0.25) is 5.91 Å². The van der Waals surface area contributed by atoms with E-state index in [4.69, 9.17) is 0 Å². The zero-order valence-electron chi connectivity index (χ0n) is 16.0. The van der Waals surface area contributed by atoms with Crippen molar-refractivity contribution in [1.82, 2.24) is 14.8 Å². The molecule has 7 nitrogen and oxygen atoms in total. The maximum atomic E-state index is 12.9. The number of anilines is 1. The number of rotatable bonds is 3. The van der Waals surface area contributed by atoms with E-state index in [0.717, 1.165) is 18.5 Å². The zero-order chi connectivity index (χ0) is 20.4. The van der Waals surface area contributed by atoms with E-state index in [0.29, 0.717) is 42.3 Å². The molecule has 0 atom stereocenters. The largest absolute Gasteiger partial charge is 0.354 e. The third kappa shape index (κ3) is 3.45. The summed E-state index contributed by atoms with van der Waals surface area (Å²) in [5.41, 5.74) is 2.48. The van der Waals surface area contributed by atoms with Crippen LogP contribution in [0.4, 0.5) is 5.82 Å². The topological polar surface area (TPSA) is 80.5 Å². The number of carbonyl (C=O) groups excluding carboxylic acids is 2. The fourth-order valence-corrected chi connectivity index (χ4v) is 3.85. The van der Waals surface area contributed by atoms with Gasteiger partial charge in [-0.3, -0.25) is 14.5 Å². The highest BCUT2D eigenvalue weighted by Crippen LogP contribution is 2.31. The van der Waals surface area contributed by atoms with Crippen molar-refractivity contribution in [3.8, 4) is 6.07 Å². The van der Waals surface area contributed by atoms with Gasteiger partial charge in [0.25, 0.3) is 5.91 Å². The molecule has 29 heavy (non-hydrogen) atoms. The first-order valence-electron chi connectivity index (χ1n) is 9.58. The maximum absolute atomic E-state index is 12.9. The lowest BCUT2D eigenvalue weighted by Gasteiger charge is -2.25. The van der Waals surface area contributed by atoms with Gasteiger partial charge in [0.05, 0.1) is 5.56 Å². The molecular weight excluding hydrogens is 366 g/mol. The first kappa shape index (κ1) is 18.7. The van der Waals surface area contributed by atoms with E-state index < -0.39 is 0 Å². The average molecular weight is 387 g/mol. The van der Waals surface area contributed by atoms with Gasteiger partial charge in [-0.15, -0.1) is 0 Å². The second kappa shape index (κ2) is 7.76. The summed E-state index contributed by atoms with van der Waals surface area (Å²) in [7, 11) is 0. The Morgan fingerprint density at radius 1 is 1.10 bits per heavy atom. The van der Waals surface area contributed by atoms with Crippen LogP contribution in [-0.4, -0.2) is 59.3 Å². The molecule has 0 aliphatic carbocycles. The summed E-state index contributed by atoms with van der Waals surface area (Å²) in [6.07, 6.45) is 2.44. The van der Waals surface area contributed by atoms with Gasteiger partial charge in [0.15, 0.2) is 0 Å². The third-order valence-electron chi connectivity index (χ3n) is 5.39. The normalized spacial score (nSPS) is 16.4. The molecule has 0 unspecified atom stereocenters. The van der Waals surface area contributed by atoms with Crippen LogP contribution in [0.15, 0.2) is 49.2 Å². The number of nitrogens with zero attached hydrogens (tertiary/aromatic N) is 5. The van der Waals surface area contributed by atoms with Crippen LogP contribution in [0, 0.1) is 11.3 Å². The molecule has 1 saturated heterocycles. The summed E-state index contributed by atoms with van der Waals surface area (Å²) >= 11 is 0. The molecule has 2 aliphatic rings. The minimum absolute atomic E-state index is 0.0145. The number of hydrogen-bond donors (Lipinski definition) is 0. The van der Waals surface area contributed by atoms with E-state index in [1.165, 1.54) is 4.90 Å². The smallest absolute Gasteiger partial charge is 0.259 e. The molecular formula is C22H21N5O2. The van der Waals surface area contributed by atoms with Crippen molar-refractivity contribution in [3.63, 3.8) is 0 Å². The Morgan fingerprint density at radius 3 is 2.66 bits per heavy atom. The first-order chi connectivity index (χ1) is 14.1. The fourth-order valence-electron chi connectivity index (χ4n) is 3.85. The highest BCUT2D eigenvalue weighted by Gasteiger charge is 2.33. The van der Waals surface area contributed by atoms with Crippen LogP contribution in [0.5, 0.6) is 0 Å². The molecule has 4 rings (SSSR count). The lowest BCUT2D eigenvalue weighted by molar-refractivity contribution is -0.131. The highest BCUT2D eigenvalue weighted by atomic mass is 16.2. The van der Waals surface area contributed by atoms with E-state index in [1.807, 2.05) is 23.1 Å². The molecule has 1 fully saturated rings. The Hall–Kier alpha value is -3.66. The molecule has 2 aromatic rings. The maximum Gasteiger partial charge on any atom is 0.259 e. The number of hydrogen-bond acceptors (Lipinski definition) is 5. The zero-order valence-corrected chi connectivity index (χ0v) is 16.0. The lowest BCUT2D eigenvalue weighted by atomic mass is 10.1. The predicted molar refractivity (Wildman–Crippen MR) is 109 cm³/mol. The standard InChI is InChI=1S/C22H21N5O2/c1-16-18-7-2-3-8-19(18)22(29)27(16)15-20(28)25-10-5-11-26(13-12-25)21-17(14-23)6-4-9-24-21/h2-4,6-9H,1,5,10-13,15H2. The van der Waals surface area contributed by atoms with E-state index in [9.17, 15) is 14.9 Å². The quantitative estimate of drug-likeness (QED) is 0.806. The van der Waals surface area contributed by atoms with Crippen molar-refractivity contribution in [2.45, 2.75) is 6.42 Å². The number of aromatic nitrogens is 1. The summed E-state index contributed by atoms with van der Waals surface area (Å²) in [6, 6.07) is 13.0. The molecule has 1 aromatic carbocycles. The fraction of sp³-hybridized carbons (Fsp3) is 0.273. The molecule has 1 aromatic heterocycles. The molecule has 0 radical (unpaired) electrons. The van der Waals surface area contributed by atoms with Crippen LogP contribution in [0.2, 0.25) is 0 Å². The molecule has 2 amide bonds. The lowest BCUT2D eigenvalue weighted by Crippen LogP contribution is -2.42. The van der Waals surface area contributed by atoms with Gasteiger partial charge in [-0.1, -0.05) is 24.8 Å².